The van der Waals surface area contributed by atoms with Crippen molar-refractivity contribution in [3.63, 3.8) is 0 Å². The minimum absolute atomic E-state index is 0.0372. The average molecular weight is 556 g/mol. The predicted molar refractivity (Wildman–Crippen MR) is 149 cm³/mol. The second-order valence-corrected chi connectivity index (χ2v) is 10.0. The van der Waals surface area contributed by atoms with Gasteiger partial charge in [-0.3, -0.25) is 14.3 Å². The third kappa shape index (κ3) is 4.19. The largest absolute Gasteiger partial charge is 0.383 e. The van der Waals surface area contributed by atoms with E-state index in [1.165, 1.54) is 17.1 Å². The van der Waals surface area contributed by atoms with Gasteiger partial charge in [-0.25, -0.2) is 19.0 Å². The molecule has 2 aliphatic heterocycles. The zero-order valence-corrected chi connectivity index (χ0v) is 21.9. The first kappa shape index (κ1) is 25.2. The fourth-order valence-electron chi connectivity index (χ4n) is 5.68. The first-order chi connectivity index (χ1) is 20.0. The molecule has 0 saturated carbocycles. The summed E-state index contributed by atoms with van der Waals surface area (Å²) < 4.78 is 32.0. The highest BCUT2D eigenvalue weighted by Gasteiger charge is 2.29. The van der Waals surface area contributed by atoms with Gasteiger partial charge in [-0.1, -0.05) is 18.2 Å². The van der Waals surface area contributed by atoms with E-state index in [1.807, 2.05) is 29.0 Å². The molecule has 0 radical (unpaired) electrons. The minimum atomic E-state index is -0.637. The Morgan fingerprint density at radius 2 is 1.93 bits per heavy atom. The highest BCUT2D eigenvalue weighted by Crippen LogP contribution is 2.37. The second-order valence-electron chi connectivity index (χ2n) is 10.0. The van der Waals surface area contributed by atoms with Crippen LogP contribution in [0.3, 0.4) is 0 Å². The maximum atomic E-state index is 15.7. The van der Waals surface area contributed by atoms with E-state index in [4.69, 9.17) is 15.2 Å². The molecule has 11 nitrogen and oxygen atoms in total. The van der Waals surface area contributed by atoms with Crippen LogP contribution in [0.25, 0.3) is 27.8 Å². The monoisotopic (exact) mass is 555 g/mol. The molecule has 1 saturated heterocycles. The third-order valence-electron chi connectivity index (χ3n) is 7.62. The highest BCUT2D eigenvalue weighted by atomic mass is 19.1. The Bertz CT molecular complexity index is 1850. The van der Waals surface area contributed by atoms with Gasteiger partial charge in [0.25, 0.3) is 11.5 Å². The van der Waals surface area contributed by atoms with E-state index in [2.05, 4.69) is 15.3 Å². The van der Waals surface area contributed by atoms with Gasteiger partial charge >= 0.3 is 0 Å². The molecule has 1 fully saturated rings. The fraction of sp³-hybridized carbons (Fsp3) is 0.241. The van der Waals surface area contributed by atoms with Gasteiger partial charge < -0.3 is 25.1 Å². The minimum Gasteiger partial charge on any atom is -0.383 e. The van der Waals surface area contributed by atoms with Crippen LogP contribution in [0, 0.1) is 5.82 Å². The second kappa shape index (κ2) is 9.98. The third-order valence-corrected chi connectivity index (χ3v) is 7.62. The van der Waals surface area contributed by atoms with Crippen LogP contribution in [0.1, 0.15) is 28.5 Å². The Kier molecular flexibility index (Phi) is 6.13. The maximum Gasteiger partial charge on any atom is 0.284 e. The van der Waals surface area contributed by atoms with Crippen LogP contribution < -0.4 is 16.6 Å². The molecule has 1 atom stereocenters. The van der Waals surface area contributed by atoms with Gasteiger partial charge in [-0.05, 0) is 36.8 Å². The van der Waals surface area contributed by atoms with Crippen LogP contribution in [0.5, 0.6) is 0 Å². The van der Waals surface area contributed by atoms with Crippen LogP contribution in [0.2, 0.25) is 0 Å². The van der Waals surface area contributed by atoms with Crippen molar-refractivity contribution in [3.05, 3.63) is 88.5 Å². The smallest absolute Gasteiger partial charge is 0.284 e. The van der Waals surface area contributed by atoms with Crippen molar-refractivity contribution in [2.75, 3.05) is 30.9 Å². The Balaban J connectivity index is 1.24. The molecule has 0 spiro atoms. The van der Waals surface area contributed by atoms with Gasteiger partial charge in [0.05, 0.1) is 49.2 Å². The first-order valence-corrected chi connectivity index (χ1v) is 13.3. The molecule has 3 N–H and O–H groups in total. The van der Waals surface area contributed by atoms with E-state index in [0.717, 1.165) is 6.42 Å². The van der Waals surface area contributed by atoms with Crippen LogP contribution in [0.4, 0.5) is 15.9 Å². The molecule has 2 aliphatic rings. The van der Waals surface area contributed by atoms with E-state index in [0.29, 0.717) is 54.3 Å². The molecule has 41 heavy (non-hydrogen) atoms. The van der Waals surface area contributed by atoms with E-state index in [-0.39, 0.29) is 35.3 Å². The molecule has 2 aromatic carbocycles. The van der Waals surface area contributed by atoms with Crippen LogP contribution in [-0.4, -0.2) is 49.6 Å². The van der Waals surface area contributed by atoms with Crippen LogP contribution in [0.15, 0.2) is 65.8 Å². The van der Waals surface area contributed by atoms with Gasteiger partial charge in [0, 0.05) is 29.6 Å². The number of nitrogens with zero attached hydrogens (tertiary/aromatic N) is 5. The molecular formula is C29H26FN7O4. The van der Waals surface area contributed by atoms with Crippen LogP contribution in [-0.2, 0) is 22.6 Å². The maximum absolute atomic E-state index is 15.7. The van der Waals surface area contributed by atoms with Gasteiger partial charge in [-0.15, -0.1) is 0 Å². The molecule has 7 rings (SSSR count). The van der Waals surface area contributed by atoms with Crippen LogP contribution >= 0.6 is 0 Å². The number of aromatic nitrogens is 5. The lowest BCUT2D eigenvalue weighted by Crippen LogP contribution is -2.26. The van der Waals surface area contributed by atoms with Gasteiger partial charge in [-0.2, -0.15) is 0 Å². The van der Waals surface area contributed by atoms with E-state index >= 15 is 4.39 Å². The van der Waals surface area contributed by atoms with Crippen molar-refractivity contribution in [1.82, 2.24) is 23.9 Å². The molecule has 5 aromatic rings. The zero-order chi connectivity index (χ0) is 28.1. The summed E-state index contributed by atoms with van der Waals surface area (Å²) in [4.78, 5) is 35.4. The Hall–Kier alpha value is -4.81. The number of carbonyl (C=O) groups is 1. The summed E-state index contributed by atoms with van der Waals surface area (Å²) in [6.07, 6.45) is 4.02. The summed E-state index contributed by atoms with van der Waals surface area (Å²) in [5.41, 5.74) is 8.46. The number of carbonyl (C=O) groups excluding carboxylic acids is 1. The van der Waals surface area contributed by atoms with Gasteiger partial charge in [0.1, 0.15) is 29.2 Å². The zero-order valence-electron chi connectivity index (χ0n) is 21.9. The number of ether oxygens (including phenoxy) is 2. The number of benzene rings is 2. The van der Waals surface area contributed by atoms with Crippen molar-refractivity contribution < 1.29 is 18.7 Å². The molecule has 208 valence electrons. The summed E-state index contributed by atoms with van der Waals surface area (Å²) in [7, 11) is 0. The Morgan fingerprint density at radius 3 is 2.71 bits per heavy atom. The summed E-state index contributed by atoms with van der Waals surface area (Å²) in [5.74, 6) is -0.965. The van der Waals surface area contributed by atoms with Crippen molar-refractivity contribution in [2.45, 2.75) is 25.6 Å². The van der Waals surface area contributed by atoms with Crippen molar-refractivity contribution in [3.8, 4) is 16.8 Å². The number of halogens is 1. The number of anilines is 2. The molecular weight excluding hydrogens is 529 g/mol. The Labute approximate surface area is 232 Å². The lowest BCUT2D eigenvalue weighted by atomic mass is 10.0. The standard InChI is InChI=1S/C29H26FN7O4/c30-22-12-17(6-7-20(22)21-13-35(19-8-10-40-14-19)27-24(21)26(31)32-16-33-27)34-28(38)25-23-15-41-11-9-36(23)37(29(25)39)18-4-2-1-3-5-18/h1-7,12-13,16,19H,8-11,14-15H2,(H,34,38)(H2,31,32,33). The lowest BCUT2D eigenvalue weighted by Gasteiger charge is -2.19. The first-order valence-electron chi connectivity index (χ1n) is 13.3. The molecule has 1 unspecified atom stereocenters. The summed E-state index contributed by atoms with van der Waals surface area (Å²) >= 11 is 0. The number of hydrogen-bond acceptors (Lipinski definition) is 7. The summed E-state index contributed by atoms with van der Waals surface area (Å²) in [6, 6.07) is 13.5. The normalized spacial score (nSPS) is 16.7. The number of rotatable bonds is 5. The summed E-state index contributed by atoms with van der Waals surface area (Å²) in [5, 5.41) is 3.25. The van der Waals surface area contributed by atoms with Gasteiger partial charge in [0.15, 0.2) is 0 Å². The predicted octanol–water partition coefficient (Wildman–Crippen LogP) is 3.52. The van der Waals surface area contributed by atoms with E-state index < -0.39 is 17.3 Å². The average Bonchev–Trinajstić information content (AvgIpc) is 3.70. The molecule has 0 bridgehead atoms. The molecule has 0 aliphatic carbocycles. The molecule has 12 heteroatoms. The quantitative estimate of drug-likeness (QED) is 0.339. The molecule has 3 aromatic heterocycles. The number of fused-ring (bicyclic) bond motifs is 2. The lowest BCUT2D eigenvalue weighted by molar-refractivity contribution is 0.0756. The Morgan fingerprint density at radius 1 is 1.07 bits per heavy atom. The number of nitrogens with one attached hydrogen (secondary N) is 1. The fourth-order valence-corrected chi connectivity index (χ4v) is 5.68. The number of hydrogen-bond donors (Lipinski definition) is 2. The van der Waals surface area contributed by atoms with E-state index in [9.17, 15) is 9.59 Å². The highest BCUT2D eigenvalue weighted by molar-refractivity contribution is 6.05. The number of amides is 1. The number of nitrogens with two attached hydrogens (primary N) is 1. The number of nitrogen functional groups attached to an aromatic ring is 1. The van der Waals surface area contributed by atoms with Crippen molar-refractivity contribution >= 4 is 28.4 Å². The molecule has 5 heterocycles. The SMILES string of the molecule is Nc1ncnc2c1c(-c1ccc(NC(=O)c3c4n(n(-c5ccccc5)c3=O)CCOC4)cc1F)cn2C1CCOC1. The van der Waals surface area contributed by atoms with Crippen molar-refractivity contribution in [1.29, 1.82) is 0 Å². The molecule has 1 amide bonds. The summed E-state index contributed by atoms with van der Waals surface area (Å²) in [6.45, 7) is 2.12. The van der Waals surface area contributed by atoms with E-state index in [1.54, 1.807) is 28.9 Å². The van der Waals surface area contributed by atoms with Gasteiger partial charge in [0.2, 0.25) is 0 Å². The van der Waals surface area contributed by atoms with Crippen molar-refractivity contribution in [2.24, 2.45) is 0 Å². The number of para-hydroxylation sites is 1. The topological polar surface area (TPSA) is 131 Å².